The van der Waals surface area contributed by atoms with E-state index < -0.39 is 35.6 Å². The van der Waals surface area contributed by atoms with Crippen molar-refractivity contribution in [3.63, 3.8) is 0 Å². The number of benzene rings is 1. The number of rotatable bonds is 9. The number of amides is 2. The second-order valence-corrected chi connectivity index (χ2v) is 9.06. The summed E-state index contributed by atoms with van der Waals surface area (Å²) in [4.78, 5) is 41.3. The summed E-state index contributed by atoms with van der Waals surface area (Å²) >= 11 is 5.95. The van der Waals surface area contributed by atoms with Crippen molar-refractivity contribution in [3.8, 4) is 0 Å². The number of fused-ring (bicyclic) bond motifs is 1. The maximum Gasteiger partial charge on any atom is 0.312 e. The molecular formula is C23H29ClN2O6. The lowest BCUT2D eigenvalue weighted by molar-refractivity contribution is -0.154. The topological polar surface area (TPSA) is 105 Å². The number of nitrogens with zero attached hydrogens (tertiary/aromatic N) is 1. The van der Waals surface area contributed by atoms with Gasteiger partial charge in [-0.1, -0.05) is 11.6 Å². The summed E-state index contributed by atoms with van der Waals surface area (Å²) in [5.74, 6) is -2.42. The summed E-state index contributed by atoms with van der Waals surface area (Å²) in [5, 5.41) is 12.5. The fraction of sp³-hybridized carbons (Fsp3) is 0.609. The third-order valence-corrected chi connectivity index (χ3v) is 7.03. The van der Waals surface area contributed by atoms with Crippen molar-refractivity contribution in [2.24, 2.45) is 11.8 Å². The Morgan fingerprint density at radius 2 is 2.03 bits per heavy atom. The zero-order valence-electron chi connectivity index (χ0n) is 18.1. The Balaban J connectivity index is 1.63. The highest BCUT2D eigenvalue weighted by Gasteiger charge is 2.74. The first-order valence-electron chi connectivity index (χ1n) is 11.2. The first kappa shape index (κ1) is 23.0. The Kier molecular flexibility index (Phi) is 6.74. The van der Waals surface area contributed by atoms with Gasteiger partial charge in [0.2, 0.25) is 11.8 Å². The monoisotopic (exact) mass is 464 g/mol. The molecule has 0 saturated carbocycles. The Morgan fingerprint density at radius 1 is 1.28 bits per heavy atom. The minimum absolute atomic E-state index is 0.0801. The largest absolute Gasteiger partial charge is 0.466 e. The molecule has 3 fully saturated rings. The molecule has 4 rings (SSSR count). The van der Waals surface area contributed by atoms with E-state index in [1.807, 2.05) is 0 Å². The van der Waals surface area contributed by atoms with Crippen LogP contribution in [0, 0.1) is 11.8 Å². The number of nitrogens with one attached hydrogen (secondary N) is 1. The van der Waals surface area contributed by atoms with E-state index in [0.29, 0.717) is 42.9 Å². The number of hydrogen-bond acceptors (Lipinski definition) is 6. The van der Waals surface area contributed by atoms with Crippen molar-refractivity contribution in [3.05, 3.63) is 29.3 Å². The van der Waals surface area contributed by atoms with Crippen LogP contribution in [0.2, 0.25) is 5.02 Å². The predicted octanol–water partition coefficient (Wildman–Crippen LogP) is 2.38. The molecule has 0 radical (unpaired) electrons. The minimum atomic E-state index is -1.04. The van der Waals surface area contributed by atoms with Gasteiger partial charge in [0, 0.05) is 23.9 Å². The molecule has 3 aliphatic rings. The number of aliphatic hydroxyl groups excluding tert-OH is 1. The molecular weight excluding hydrogens is 436 g/mol. The molecule has 1 aromatic rings. The molecule has 3 saturated heterocycles. The van der Waals surface area contributed by atoms with Gasteiger partial charge in [-0.15, -0.1) is 0 Å². The van der Waals surface area contributed by atoms with Crippen LogP contribution in [0.1, 0.15) is 39.0 Å². The van der Waals surface area contributed by atoms with Crippen LogP contribution in [-0.2, 0) is 23.9 Å². The summed E-state index contributed by atoms with van der Waals surface area (Å²) in [6.07, 6.45) is 2.74. The average molecular weight is 465 g/mol. The summed E-state index contributed by atoms with van der Waals surface area (Å²) in [7, 11) is 0. The minimum Gasteiger partial charge on any atom is -0.466 e. The molecule has 2 unspecified atom stereocenters. The van der Waals surface area contributed by atoms with Gasteiger partial charge in [0.1, 0.15) is 11.6 Å². The average Bonchev–Trinajstić information content (AvgIpc) is 3.40. The number of hydrogen-bond donors (Lipinski definition) is 2. The van der Waals surface area contributed by atoms with Crippen LogP contribution in [0.25, 0.3) is 0 Å². The van der Waals surface area contributed by atoms with Crippen molar-refractivity contribution in [1.82, 2.24) is 4.90 Å². The van der Waals surface area contributed by atoms with Gasteiger partial charge in [-0.25, -0.2) is 0 Å². The molecule has 9 heteroatoms. The lowest BCUT2D eigenvalue weighted by atomic mass is 9.71. The molecule has 0 aliphatic carbocycles. The third-order valence-electron chi connectivity index (χ3n) is 6.78. The number of esters is 1. The van der Waals surface area contributed by atoms with E-state index in [1.165, 1.54) is 0 Å². The number of carbonyl (C=O) groups is 3. The zero-order chi connectivity index (χ0) is 22.9. The molecule has 2 N–H and O–H groups in total. The van der Waals surface area contributed by atoms with Gasteiger partial charge in [0.25, 0.3) is 0 Å². The van der Waals surface area contributed by atoms with Crippen molar-refractivity contribution in [2.75, 3.05) is 25.1 Å². The van der Waals surface area contributed by atoms with Crippen molar-refractivity contribution >= 4 is 35.1 Å². The van der Waals surface area contributed by atoms with E-state index in [9.17, 15) is 14.4 Å². The summed E-state index contributed by atoms with van der Waals surface area (Å²) in [6.45, 7) is 2.39. The van der Waals surface area contributed by atoms with Crippen molar-refractivity contribution < 1.29 is 29.0 Å². The molecule has 3 heterocycles. The molecule has 0 aromatic heterocycles. The fourth-order valence-electron chi connectivity index (χ4n) is 5.51. The predicted molar refractivity (Wildman–Crippen MR) is 117 cm³/mol. The SMILES string of the molecule is CCOC(=O)[C@@H]1[C@H]2C(=O)N(CCCCCO)C(C(=O)Nc3ccc(Cl)cc3)C23CC[C@H]1O3. The van der Waals surface area contributed by atoms with E-state index in [4.69, 9.17) is 26.2 Å². The second kappa shape index (κ2) is 9.37. The number of anilines is 1. The number of carbonyl (C=O) groups excluding carboxylic acids is 3. The summed E-state index contributed by atoms with van der Waals surface area (Å²) in [5.41, 5.74) is -0.464. The number of unbranched alkanes of at least 4 members (excludes halogenated alkanes) is 2. The number of halogens is 1. The zero-order valence-corrected chi connectivity index (χ0v) is 18.8. The molecule has 2 bridgehead atoms. The van der Waals surface area contributed by atoms with Crippen molar-refractivity contribution in [2.45, 2.75) is 56.8 Å². The standard InChI is InChI=1S/C23H29ClN2O6/c1-2-31-22(30)17-16-10-11-23(32-16)18(17)21(29)26(12-4-3-5-13-27)19(23)20(28)25-15-8-6-14(24)7-9-15/h6-9,16-19,27H,2-5,10-13H2,1H3,(H,25,28)/t16-,17+,18+,19?,23?/m1/s1. The lowest BCUT2D eigenvalue weighted by Crippen LogP contribution is -2.53. The highest BCUT2D eigenvalue weighted by molar-refractivity contribution is 6.30. The normalized spacial score (nSPS) is 30.5. The van der Waals surface area contributed by atoms with Gasteiger partial charge in [0.15, 0.2) is 0 Å². The molecule has 1 aromatic carbocycles. The molecule has 3 aliphatic heterocycles. The first-order chi connectivity index (χ1) is 15.4. The first-order valence-corrected chi connectivity index (χ1v) is 11.6. The molecule has 8 nitrogen and oxygen atoms in total. The van der Waals surface area contributed by atoms with Crippen LogP contribution < -0.4 is 5.32 Å². The van der Waals surface area contributed by atoms with Gasteiger partial charge in [-0.2, -0.15) is 0 Å². The van der Waals surface area contributed by atoms with E-state index in [0.717, 1.165) is 6.42 Å². The summed E-state index contributed by atoms with van der Waals surface area (Å²) < 4.78 is 11.5. The van der Waals surface area contributed by atoms with E-state index >= 15 is 0 Å². The van der Waals surface area contributed by atoms with E-state index in [1.54, 1.807) is 36.1 Å². The van der Waals surface area contributed by atoms with Crippen LogP contribution in [0.3, 0.4) is 0 Å². The van der Waals surface area contributed by atoms with Crippen LogP contribution in [0.4, 0.5) is 5.69 Å². The van der Waals surface area contributed by atoms with Crippen LogP contribution in [0.5, 0.6) is 0 Å². The Morgan fingerprint density at radius 3 is 2.72 bits per heavy atom. The molecule has 5 atom stereocenters. The number of aliphatic hydroxyl groups is 1. The maximum absolute atomic E-state index is 13.6. The Labute approximate surface area is 192 Å². The van der Waals surface area contributed by atoms with E-state index in [2.05, 4.69) is 5.32 Å². The molecule has 1 spiro atoms. The Hall–Kier alpha value is -2.16. The highest BCUT2D eigenvalue weighted by Crippen LogP contribution is 2.58. The number of likely N-dealkylation sites (tertiary alicyclic amines) is 1. The lowest BCUT2D eigenvalue weighted by Gasteiger charge is -2.33. The van der Waals surface area contributed by atoms with Gasteiger partial charge in [-0.05, 0) is 63.3 Å². The van der Waals surface area contributed by atoms with Crippen LogP contribution >= 0.6 is 11.6 Å². The molecule has 174 valence electrons. The van der Waals surface area contributed by atoms with E-state index in [-0.39, 0.29) is 25.0 Å². The van der Waals surface area contributed by atoms with Gasteiger partial charge >= 0.3 is 5.97 Å². The Bertz CT molecular complexity index is 878. The molecule has 2 amide bonds. The van der Waals surface area contributed by atoms with Gasteiger partial charge < -0.3 is 24.8 Å². The smallest absolute Gasteiger partial charge is 0.312 e. The fourth-order valence-corrected chi connectivity index (χ4v) is 5.64. The highest BCUT2D eigenvalue weighted by atomic mass is 35.5. The van der Waals surface area contributed by atoms with Gasteiger partial charge in [0.05, 0.1) is 24.5 Å². The molecule has 32 heavy (non-hydrogen) atoms. The maximum atomic E-state index is 13.6. The number of ether oxygens (including phenoxy) is 2. The van der Waals surface area contributed by atoms with Crippen LogP contribution in [-0.4, -0.2) is 65.3 Å². The summed E-state index contributed by atoms with van der Waals surface area (Å²) in [6, 6.07) is 5.92. The quantitative estimate of drug-likeness (QED) is 0.429. The second-order valence-electron chi connectivity index (χ2n) is 8.62. The van der Waals surface area contributed by atoms with Crippen molar-refractivity contribution in [1.29, 1.82) is 0 Å². The van der Waals surface area contributed by atoms with Crippen LogP contribution in [0.15, 0.2) is 24.3 Å². The van der Waals surface area contributed by atoms with Gasteiger partial charge in [-0.3, -0.25) is 14.4 Å². The third kappa shape index (κ3) is 3.89.